The number of nitrogens with zero attached hydrogens (tertiary/aromatic N) is 1. The van der Waals surface area contributed by atoms with E-state index in [1.165, 1.54) is 6.07 Å². The van der Waals surface area contributed by atoms with E-state index in [9.17, 15) is 9.18 Å². The van der Waals surface area contributed by atoms with E-state index >= 15 is 0 Å². The Bertz CT molecular complexity index is 929. The minimum atomic E-state index is -0.916. The van der Waals surface area contributed by atoms with Gasteiger partial charge in [-0.2, -0.15) is 0 Å². The summed E-state index contributed by atoms with van der Waals surface area (Å²) in [5.41, 5.74) is 0.409. The van der Waals surface area contributed by atoms with Gasteiger partial charge in [0.05, 0.1) is 11.6 Å². The van der Waals surface area contributed by atoms with Crippen molar-refractivity contribution < 1.29 is 18.3 Å². The average molecular weight is 365 g/mol. The van der Waals surface area contributed by atoms with Gasteiger partial charge in [0.1, 0.15) is 5.82 Å². The monoisotopic (exact) mass is 365 g/mol. The number of oxazole rings is 1. The maximum atomic E-state index is 14.4. The molecule has 27 heavy (non-hydrogen) atoms. The third kappa shape index (κ3) is 3.37. The molecule has 0 N–H and O–H groups in total. The van der Waals surface area contributed by atoms with Crippen molar-refractivity contribution in [3.63, 3.8) is 0 Å². The fourth-order valence-electron chi connectivity index (χ4n) is 3.79. The predicted molar refractivity (Wildman–Crippen MR) is 98.3 cm³/mol. The van der Waals surface area contributed by atoms with Crippen molar-refractivity contribution in [1.29, 1.82) is 0 Å². The van der Waals surface area contributed by atoms with E-state index in [1.54, 1.807) is 24.4 Å². The molecule has 3 aromatic rings. The molecule has 0 bridgehead atoms. The number of rotatable bonds is 5. The molecule has 0 spiro atoms. The lowest BCUT2D eigenvalue weighted by molar-refractivity contribution is -0.152. The van der Waals surface area contributed by atoms with Crippen molar-refractivity contribution in [2.24, 2.45) is 0 Å². The molecule has 0 aliphatic heterocycles. The lowest BCUT2D eigenvalue weighted by Gasteiger charge is -2.27. The van der Waals surface area contributed by atoms with Gasteiger partial charge in [-0.3, -0.25) is 4.79 Å². The first-order valence-electron chi connectivity index (χ1n) is 9.11. The Balaban J connectivity index is 1.50. The van der Waals surface area contributed by atoms with Gasteiger partial charge in [-0.25, -0.2) is 9.37 Å². The molecule has 1 aliphatic rings. The topological polar surface area (TPSA) is 52.3 Å². The smallest absolute Gasteiger partial charge is 0.317 e. The van der Waals surface area contributed by atoms with Gasteiger partial charge in [-0.15, -0.1) is 0 Å². The Morgan fingerprint density at radius 1 is 1.07 bits per heavy atom. The Morgan fingerprint density at radius 2 is 1.78 bits per heavy atom. The highest BCUT2D eigenvalue weighted by atomic mass is 19.1. The number of aromatic nitrogens is 1. The van der Waals surface area contributed by atoms with E-state index in [0.717, 1.165) is 18.4 Å². The molecule has 1 heterocycles. The summed E-state index contributed by atoms with van der Waals surface area (Å²) >= 11 is 0. The summed E-state index contributed by atoms with van der Waals surface area (Å²) in [7, 11) is 0. The van der Waals surface area contributed by atoms with Crippen molar-refractivity contribution in [3.05, 3.63) is 78.1 Å². The molecular weight excluding hydrogens is 345 g/mol. The molecule has 4 nitrogen and oxygen atoms in total. The van der Waals surface area contributed by atoms with Crippen LogP contribution in [0.1, 0.15) is 37.1 Å². The van der Waals surface area contributed by atoms with Gasteiger partial charge >= 0.3 is 5.97 Å². The Morgan fingerprint density at radius 3 is 2.52 bits per heavy atom. The summed E-state index contributed by atoms with van der Waals surface area (Å²) in [6.07, 6.45) is 4.54. The number of carbonyl (C=O) groups is 1. The first-order valence-corrected chi connectivity index (χ1v) is 9.11. The molecule has 4 rings (SSSR count). The normalized spacial score (nSPS) is 15.6. The minimum absolute atomic E-state index is 0.0676. The maximum absolute atomic E-state index is 14.4. The molecule has 1 aliphatic carbocycles. The van der Waals surface area contributed by atoms with Crippen molar-refractivity contribution in [2.75, 3.05) is 0 Å². The van der Waals surface area contributed by atoms with E-state index in [0.29, 0.717) is 30.1 Å². The molecule has 1 saturated carbocycles. The molecule has 0 radical (unpaired) electrons. The third-order valence-electron chi connectivity index (χ3n) is 5.18. The quantitative estimate of drug-likeness (QED) is 0.595. The number of carbonyl (C=O) groups excluding carboxylic acids is 1. The Kier molecular flexibility index (Phi) is 4.75. The molecule has 0 amide bonds. The number of halogens is 1. The summed E-state index contributed by atoms with van der Waals surface area (Å²) in [4.78, 5) is 17.1. The highest BCUT2D eigenvalue weighted by molar-refractivity contribution is 5.83. The van der Waals surface area contributed by atoms with Gasteiger partial charge in [-0.05, 0) is 18.9 Å². The summed E-state index contributed by atoms with van der Waals surface area (Å²) in [5.74, 6) is 0.165. The van der Waals surface area contributed by atoms with Crippen LogP contribution >= 0.6 is 0 Å². The van der Waals surface area contributed by atoms with Crippen LogP contribution in [-0.2, 0) is 21.6 Å². The van der Waals surface area contributed by atoms with Gasteiger partial charge in [0.25, 0.3) is 0 Å². The summed E-state index contributed by atoms with van der Waals surface area (Å²) in [5, 5.41) is 0. The lowest BCUT2D eigenvalue weighted by atomic mass is 9.78. The van der Waals surface area contributed by atoms with Crippen LogP contribution in [0.3, 0.4) is 0 Å². The second-order valence-corrected chi connectivity index (χ2v) is 6.83. The molecule has 0 saturated heterocycles. The molecule has 5 heteroatoms. The van der Waals surface area contributed by atoms with Crippen LogP contribution in [0.25, 0.3) is 11.3 Å². The van der Waals surface area contributed by atoms with E-state index in [-0.39, 0.29) is 12.4 Å². The van der Waals surface area contributed by atoms with Crippen LogP contribution < -0.4 is 0 Å². The van der Waals surface area contributed by atoms with Crippen LogP contribution in [0, 0.1) is 5.82 Å². The van der Waals surface area contributed by atoms with Crippen LogP contribution in [-0.4, -0.2) is 11.0 Å². The van der Waals surface area contributed by atoms with Crippen molar-refractivity contribution >= 4 is 5.97 Å². The van der Waals surface area contributed by atoms with Crippen molar-refractivity contribution in [1.82, 2.24) is 4.98 Å². The summed E-state index contributed by atoms with van der Waals surface area (Å²) in [6.45, 7) is -0.0676. The lowest BCUT2D eigenvalue weighted by Crippen LogP contribution is -2.35. The number of hydrogen-bond acceptors (Lipinski definition) is 4. The predicted octanol–water partition coefficient (Wildman–Crippen LogP) is 5.04. The molecule has 138 valence electrons. The Hall–Kier alpha value is -2.95. The summed E-state index contributed by atoms with van der Waals surface area (Å²) in [6, 6.07) is 16.0. The number of ether oxygens (including phenoxy) is 1. The van der Waals surface area contributed by atoms with Crippen LogP contribution in [0.4, 0.5) is 4.39 Å². The fraction of sp³-hybridized carbons (Fsp3) is 0.273. The minimum Gasteiger partial charge on any atom is -0.455 e. The summed E-state index contributed by atoms with van der Waals surface area (Å²) < 4.78 is 25.6. The van der Waals surface area contributed by atoms with E-state index in [2.05, 4.69) is 4.98 Å². The van der Waals surface area contributed by atoms with E-state index in [4.69, 9.17) is 9.15 Å². The van der Waals surface area contributed by atoms with E-state index in [1.807, 2.05) is 30.3 Å². The molecule has 0 atom stereocenters. The molecule has 0 unspecified atom stereocenters. The van der Waals surface area contributed by atoms with Gasteiger partial charge in [0, 0.05) is 11.1 Å². The SMILES string of the molecule is O=C(OCc1ncc(-c2ccccc2)o1)C1(c2ccccc2F)CCCC1. The molecule has 2 aromatic carbocycles. The molecule has 1 fully saturated rings. The Labute approximate surface area is 157 Å². The second kappa shape index (κ2) is 7.35. The first kappa shape index (κ1) is 17.5. The zero-order valence-electron chi connectivity index (χ0n) is 14.9. The van der Waals surface area contributed by atoms with Gasteiger partial charge in [0.15, 0.2) is 12.4 Å². The number of benzene rings is 2. The average Bonchev–Trinajstić information content (AvgIpc) is 3.38. The van der Waals surface area contributed by atoms with Crippen LogP contribution in [0.15, 0.2) is 65.2 Å². The number of esters is 1. The zero-order valence-corrected chi connectivity index (χ0v) is 14.9. The van der Waals surface area contributed by atoms with Crippen LogP contribution in [0.2, 0.25) is 0 Å². The van der Waals surface area contributed by atoms with Gasteiger partial charge < -0.3 is 9.15 Å². The zero-order chi connectivity index (χ0) is 18.7. The van der Waals surface area contributed by atoms with Crippen molar-refractivity contribution in [3.8, 4) is 11.3 Å². The first-order chi connectivity index (χ1) is 13.2. The largest absolute Gasteiger partial charge is 0.455 e. The van der Waals surface area contributed by atoms with Crippen LogP contribution in [0.5, 0.6) is 0 Å². The second-order valence-electron chi connectivity index (χ2n) is 6.83. The maximum Gasteiger partial charge on any atom is 0.317 e. The third-order valence-corrected chi connectivity index (χ3v) is 5.18. The molecule has 1 aromatic heterocycles. The highest BCUT2D eigenvalue weighted by Gasteiger charge is 2.45. The van der Waals surface area contributed by atoms with Crippen molar-refractivity contribution in [2.45, 2.75) is 37.7 Å². The number of hydrogen-bond donors (Lipinski definition) is 0. The fourth-order valence-corrected chi connectivity index (χ4v) is 3.79. The van der Waals surface area contributed by atoms with Gasteiger partial charge in [0.2, 0.25) is 5.89 Å². The molecular formula is C22H20FNO3. The van der Waals surface area contributed by atoms with Gasteiger partial charge in [-0.1, -0.05) is 61.4 Å². The standard InChI is InChI=1S/C22H20FNO3/c23-18-11-5-4-10-17(18)22(12-6-7-13-22)21(25)26-15-20-24-14-19(27-20)16-8-2-1-3-9-16/h1-5,8-11,14H,6-7,12-13,15H2. The highest BCUT2D eigenvalue weighted by Crippen LogP contribution is 2.43. The van der Waals surface area contributed by atoms with E-state index < -0.39 is 11.4 Å².